The summed E-state index contributed by atoms with van der Waals surface area (Å²) in [5.41, 5.74) is 1.96. The minimum Gasteiger partial charge on any atom is -0.465 e. The molecule has 0 radical (unpaired) electrons. The van der Waals surface area contributed by atoms with Crippen molar-refractivity contribution >= 4 is 29.5 Å². The van der Waals surface area contributed by atoms with Crippen LogP contribution in [0.2, 0.25) is 0 Å². The molecule has 1 aliphatic rings. The molecule has 32 heavy (non-hydrogen) atoms. The van der Waals surface area contributed by atoms with Gasteiger partial charge in [0.05, 0.1) is 36.3 Å². The molecule has 1 aromatic heterocycles. The number of aromatic nitrogens is 2. The second kappa shape index (κ2) is 10.5. The lowest BCUT2D eigenvalue weighted by molar-refractivity contribution is -0.138. The van der Waals surface area contributed by atoms with Crippen LogP contribution in [0.15, 0.2) is 45.5 Å². The topological polar surface area (TPSA) is 110 Å². The maximum Gasteiger partial charge on any atom is 0.337 e. The van der Waals surface area contributed by atoms with E-state index in [0.29, 0.717) is 38.9 Å². The van der Waals surface area contributed by atoms with Gasteiger partial charge in [0.2, 0.25) is 0 Å². The zero-order chi connectivity index (χ0) is 23.3. The van der Waals surface area contributed by atoms with Crippen molar-refractivity contribution in [2.24, 2.45) is 0 Å². The van der Waals surface area contributed by atoms with Crippen LogP contribution in [0.3, 0.4) is 0 Å². The lowest BCUT2D eigenvalue weighted by Crippen LogP contribution is -2.31. The van der Waals surface area contributed by atoms with Crippen molar-refractivity contribution in [3.8, 4) is 0 Å². The molecule has 2 aromatic rings. The van der Waals surface area contributed by atoms with Crippen LogP contribution in [0.5, 0.6) is 0 Å². The quantitative estimate of drug-likeness (QED) is 0.266. The molecule has 170 valence electrons. The maximum absolute atomic E-state index is 13.2. The van der Waals surface area contributed by atoms with Gasteiger partial charge in [-0.2, -0.15) is 0 Å². The minimum absolute atomic E-state index is 0.206. The Morgan fingerprint density at radius 2 is 1.88 bits per heavy atom. The number of esters is 2. The highest BCUT2D eigenvalue weighted by molar-refractivity contribution is 7.99. The Balaban J connectivity index is 2.12. The van der Waals surface area contributed by atoms with E-state index in [4.69, 9.17) is 9.47 Å². The summed E-state index contributed by atoms with van der Waals surface area (Å²) < 4.78 is 10.0. The summed E-state index contributed by atoms with van der Waals surface area (Å²) in [5.74, 6) is -0.401. The van der Waals surface area contributed by atoms with Gasteiger partial charge < -0.3 is 19.8 Å². The predicted octanol–water partition coefficient (Wildman–Crippen LogP) is 3.84. The van der Waals surface area contributed by atoms with Crippen LogP contribution >= 0.6 is 11.8 Å². The van der Waals surface area contributed by atoms with E-state index in [9.17, 15) is 14.4 Å². The molecule has 2 N–H and O–H groups in total. The minimum atomic E-state index is -0.692. The smallest absolute Gasteiger partial charge is 0.337 e. The molecule has 0 amide bonds. The molecule has 0 saturated carbocycles. The molecule has 0 fully saturated rings. The highest BCUT2D eigenvalue weighted by Gasteiger charge is 2.36. The number of rotatable bonds is 8. The monoisotopic (exact) mass is 457 g/mol. The van der Waals surface area contributed by atoms with Crippen LogP contribution in [-0.4, -0.2) is 41.4 Å². The summed E-state index contributed by atoms with van der Waals surface area (Å²) in [6.45, 7) is 5.80. The number of carbonyl (C=O) groups is 2. The first kappa shape index (κ1) is 23.6. The molecular formula is C23H27N3O5S. The number of fused-ring (bicyclic) bond motifs is 1. The van der Waals surface area contributed by atoms with Crippen molar-refractivity contribution in [2.45, 2.75) is 44.7 Å². The predicted molar refractivity (Wildman–Crippen MR) is 123 cm³/mol. The van der Waals surface area contributed by atoms with E-state index in [2.05, 4.69) is 22.2 Å². The number of allylic oxidation sites excluding steroid dienone is 1. The largest absolute Gasteiger partial charge is 0.465 e. The fraction of sp³-hybridized carbons (Fsp3) is 0.391. The second-order valence-corrected chi connectivity index (χ2v) is 8.35. The summed E-state index contributed by atoms with van der Waals surface area (Å²) in [5, 5.41) is 3.65. The number of nitrogens with one attached hydrogen (secondary N) is 2. The lowest BCUT2D eigenvalue weighted by Gasteiger charge is -2.28. The number of hydrogen-bond donors (Lipinski definition) is 2. The Bertz CT molecular complexity index is 1090. The molecule has 0 unspecified atom stereocenters. The molecule has 1 aromatic carbocycles. The molecule has 0 bridgehead atoms. The number of thioether (sulfide) groups is 1. The molecule has 0 spiro atoms. The number of unbranched alkanes of at least 4 members (excludes halogenated alkanes) is 1. The average Bonchev–Trinajstić information content (AvgIpc) is 2.78. The Morgan fingerprint density at radius 1 is 1.16 bits per heavy atom. The van der Waals surface area contributed by atoms with Gasteiger partial charge in [-0.1, -0.05) is 37.2 Å². The van der Waals surface area contributed by atoms with Crippen molar-refractivity contribution in [2.75, 3.05) is 24.8 Å². The Hall–Kier alpha value is -3.07. The SMILES string of the molecule is CCCCSc1nc2c(c(=O)[nH]1)[C@@H](c1ccc(C(=O)OC)cc1)C(C(=O)OCC)=C(C)N2. The Morgan fingerprint density at radius 3 is 2.50 bits per heavy atom. The zero-order valence-electron chi connectivity index (χ0n) is 18.6. The summed E-state index contributed by atoms with van der Waals surface area (Å²) in [6.07, 6.45) is 2.06. The molecule has 1 aliphatic heterocycles. The molecule has 9 heteroatoms. The molecule has 8 nitrogen and oxygen atoms in total. The van der Waals surface area contributed by atoms with Crippen molar-refractivity contribution in [1.82, 2.24) is 9.97 Å². The van der Waals surface area contributed by atoms with Crippen LogP contribution in [0.1, 0.15) is 61.0 Å². The number of H-pyrrole nitrogens is 1. The third-order valence-electron chi connectivity index (χ3n) is 5.12. The molecule has 2 heterocycles. The normalized spacial score (nSPS) is 15.1. The van der Waals surface area contributed by atoms with E-state index in [1.165, 1.54) is 18.9 Å². The number of hydrogen-bond acceptors (Lipinski definition) is 8. The molecule has 3 rings (SSSR count). The van der Waals surface area contributed by atoms with E-state index >= 15 is 0 Å². The van der Waals surface area contributed by atoms with Crippen molar-refractivity contribution < 1.29 is 19.1 Å². The van der Waals surface area contributed by atoms with Crippen LogP contribution < -0.4 is 10.9 Å². The van der Waals surface area contributed by atoms with Crippen LogP contribution in [0.4, 0.5) is 5.82 Å². The van der Waals surface area contributed by atoms with Gasteiger partial charge in [-0.05, 0) is 38.0 Å². The molecule has 1 atom stereocenters. The number of carbonyl (C=O) groups excluding carboxylic acids is 2. The number of aromatic amines is 1. The third kappa shape index (κ3) is 4.88. The number of ether oxygens (including phenoxy) is 2. The first-order valence-corrected chi connectivity index (χ1v) is 11.5. The fourth-order valence-corrected chi connectivity index (χ4v) is 4.50. The maximum atomic E-state index is 13.2. The first-order valence-electron chi connectivity index (χ1n) is 10.5. The first-order chi connectivity index (χ1) is 15.4. The van der Waals surface area contributed by atoms with E-state index in [-0.39, 0.29) is 12.2 Å². The molecule has 0 aliphatic carbocycles. The summed E-state index contributed by atoms with van der Waals surface area (Å²) in [6, 6.07) is 6.64. The second-order valence-electron chi connectivity index (χ2n) is 7.27. The van der Waals surface area contributed by atoms with Gasteiger partial charge >= 0.3 is 11.9 Å². The van der Waals surface area contributed by atoms with E-state index in [1.54, 1.807) is 38.1 Å². The van der Waals surface area contributed by atoms with Gasteiger partial charge in [-0.25, -0.2) is 14.6 Å². The number of benzene rings is 1. The van der Waals surface area contributed by atoms with Crippen molar-refractivity contribution in [3.63, 3.8) is 0 Å². The Kier molecular flexibility index (Phi) is 7.74. The standard InChI is InChI=1S/C23H27N3O5S/c1-5-7-12-32-23-25-19-18(20(27)26-23)17(16(13(3)24-19)22(29)31-6-2)14-8-10-15(11-9-14)21(28)30-4/h8-11,17H,5-7,12H2,1-4H3,(H2,24,25,26,27)/t17-/m0/s1. The van der Waals surface area contributed by atoms with Gasteiger partial charge in [-0.3, -0.25) is 4.79 Å². The molecular weight excluding hydrogens is 430 g/mol. The highest BCUT2D eigenvalue weighted by Crippen LogP contribution is 2.40. The van der Waals surface area contributed by atoms with Crippen LogP contribution in [0, 0.1) is 0 Å². The van der Waals surface area contributed by atoms with Crippen molar-refractivity contribution in [1.29, 1.82) is 0 Å². The van der Waals surface area contributed by atoms with E-state index in [0.717, 1.165) is 18.6 Å². The van der Waals surface area contributed by atoms with E-state index in [1.807, 2.05) is 0 Å². The summed E-state index contributed by atoms with van der Waals surface area (Å²) in [4.78, 5) is 45.3. The van der Waals surface area contributed by atoms with Gasteiger partial charge in [-0.15, -0.1) is 0 Å². The lowest BCUT2D eigenvalue weighted by atomic mass is 9.82. The van der Waals surface area contributed by atoms with Crippen molar-refractivity contribution in [3.05, 3.63) is 62.6 Å². The van der Waals surface area contributed by atoms with Gasteiger partial charge in [0.25, 0.3) is 5.56 Å². The molecule has 0 saturated heterocycles. The highest BCUT2D eigenvalue weighted by atomic mass is 32.2. The van der Waals surface area contributed by atoms with E-state index < -0.39 is 17.9 Å². The number of methoxy groups -OCH3 is 1. The average molecular weight is 458 g/mol. The number of nitrogens with zero attached hydrogens (tertiary/aromatic N) is 1. The van der Waals surface area contributed by atoms with Gasteiger partial charge in [0, 0.05) is 11.4 Å². The summed E-state index contributed by atoms with van der Waals surface area (Å²) >= 11 is 1.49. The van der Waals surface area contributed by atoms with Gasteiger partial charge in [0.15, 0.2) is 5.16 Å². The van der Waals surface area contributed by atoms with Crippen LogP contribution in [-0.2, 0) is 14.3 Å². The Labute approximate surface area is 190 Å². The number of anilines is 1. The zero-order valence-corrected chi connectivity index (χ0v) is 19.4. The summed E-state index contributed by atoms with van der Waals surface area (Å²) in [7, 11) is 1.31. The third-order valence-corrected chi connectivity index (χ3v) is 6.08. The van der Waals surface area contributed by atoms with Crippen LogP contribution in [0.25, 0.3) is 0 Å². The van der Waals surface area contributed by atoms with Gasteiger partial charge in [0.1, 0.15) is 5.82 Å². The fourth-order valence-electron chi connectivity index (χ4n) is 3.55.